The summed E-state index contributed by atoms with van der Waals surface area (Å²) in [6.45, 7) is 0. The number of aliphatic imine (C=N–C) groups is 1. The molecule has 2 aromatic carbocycles. The van der Waals surface area contributed by atoms with Gasteiger partial charge in [-0.15, -0.1) is 0 Å². The van der Waals surface area contributed by atoms with Crippen molar-refractivity contribution in [1.82, 2.24) is 0 Å². The van der Waals surface area contributed by atoms with E-state index in [-0.39, 0.29) is 34.5 Å². The van der Waals surface area contributed by atoms with Gasteiger partial charge in [-0.25, -0.2) is 8.42 Å². The Hall–Kier alpha value is -0.980. The van der Waals surface area contributed by atoms with Crippen molar-refractivity contribution in [2.24, 2.45) is 4.99 Å². The predicted octanol–water partition coefficient (Wildman–Crippen LogP) is -0.655. The fourth-order valence-electron chi connectivity index (χ4n) is 1.39. The minimum Gasteiger partial charge on any atom is -0.744 e. The first kappa shape index (κ1) is 16.1. The molecule has 0 heterocycles. The molecule has 0 saturated carbocycles. The summed E-state index contributed by atoms with van der Waals surface area (Å²) in [6.07, 6.45) is 1.67. The normalized spacial score (nSPS) is 11.2. The van der Waals surface area contributed by atoms with Gasteiger partial charge in [0.2, 0.25) is 0 Å². The maximum Gasteiger partial charge on any atom is 1.00 e. The van der Waals surface area contributed by atoms with Crippen LogP contribution in [0.15, 0.2) is 64.5 Å². The van der Waals surface area contributed by atoms with Gasteiger partial charge in [-0.1, -0.05) is 30.3 Å². The first-order chi connectivity index (χ1) is 8.55. The number of rotatable bonds is 3. The van der Waals surface area contributed by atoms with Crippen molar-refractivity contribution in [1.29, 1.82) is 0 Å². The fraction of sp³-hybridized carbons (Fsp3) is 0. The van der Waals surface area contributed by atoms with Gasteiger partial charge in [0.25, 0.3) is 0 Å². The molecule has 19 heavy (non-hydrogen) atoms. The Morgan fingerprint density at radius 1 is 0.947 bits per heavy atom. The molecule has 0 aliphatic rings. The average Bonchev–Trinajstić information content (AvgIpc) is 2.37. The van der Waals surface area contributed by atoms with Crippen LogP contribution >= 0.6 is 0 Å². The Kier molecular flexibility index (Phi) is 5.90. The summed E-state index contributed by atoms with van der Waals surface area (Å²) in [5.41, 5.74) is 1.53. The summed E-state index contributed by atoms with van der Waals surface area (Å²) in [4.78, 5) is 3.93. The minimum atomic E-state index is -4.39. The quantitative estimate of drug-likeness (QED) is 0.427. The molecule has 0 saturated heterocycles. The van der Waals surface area contributed by atoms with Crippen molar-refractivity contribution in [2.75, 3.05) is 0 Å². The van der Waals surface area contributed by atoms with Gasteiger partial charge in [0, 0.05) is 6.21 Å². The number of benzene rings is 2. The van der Waals surface area contributed by atoms with E-state index in [1.165, 1.54) is 24.3 Å². The van der Waals surface area contributed by atoms with Crippen LogP contribution in [-0.2, 0) is 10.1 Å². The van der Waals surface area contributed by atoms with E-state index in [2.05, 4.69) is 4.99 Å². The van der Waals surface area contributed by atoms with E-state index in [1.54, 1.807) is 6.21 Å². The summed E-state index contributed by atoms with van der Waals surface area (Å²) < 4.78 is 32.2. The van der Waals surface area contributed by atoms with E-state index in [0.29, 0.717) is 5.69 Å². The van der Waals surface area contributed by atoms with Gasteiger partial charge in [-0.3, -0.25) is 4.99 Å². The number of nitrogens with zero attached hydrogens (tertiary/aromatic N) is 1. The summed E-state index contributed by atoms with van der Waals surface area (Å²) in [5.74, 6) is 0. The molecule has 92 valence electrons. The summed E-state index contributed by atoms with van der Waals surface area (Å²) in [6, 6.07) is 15.0. The smallest absolute Gasteiger partial charge is 0.744 e. The third kappa shape index (κ3) is 4.89. The molecule has 0 aliphatic carbocycles. The molecular formula is C13H10NNaO3S. The Morgan fingerprint density at radius 3 is 2.05 bits per heavy atom. The van der Waals surface area contributed by atoms with Gasteiger partial charge in [0.1, 0.15) is 10.1 Å². The Labute approximate surface area is 134 Å². The van der Waals surface area contributed by atoms with Crippen LogP contribution in [-0.4, -0.2) is 19.2 Å². The van der Waals surface area contributed by atoms with E-state index >= 15 is 0 Å². The zero-order chi connectivity index (χ0) is 13.0. The van der Waals surface area contributed by atoms with E-state index in [9.17, 15) is 13.0 Å². The van der Waals surface area contributed by atoms with Crippen LogP contribution in [0.4, 0.5) is 5.69 Å². The largest absolute Gasteiger partial charge is 1.00 e. The second-order valence-corrected chi connectivity index (χ2v) is 5.00. The Balaban J connectivity index is 0.00000180. The second kappa shape index (κ2) is 6.98. The van der Waals surface area contributed by atoms with Gasteiger partial charge in [-0.2, -0.15) is 0 Å². The molecule has 0 aliphatic heterocycles. The fourth-order valence-corrected chi connectivity index (χ4v) is 1.86. The molecule has 2 rings (SSSR count). The molecule has 0 amide bonds. The summed E-state index contributed by atoms with van der Waals surface area (Å²) in [5, 5.41) is 0. The third-order valence-corrected chi connectivity index (χ3v) is 3.14. The molecule has 0 aromatic heterocycles. The number of hydrogen-bond donors (Lipinski definition) is 0. The van der Waals surface area contributed by atoms with Crippen LogP contribution in [0.25, 0.3) is 0 Å². The SMILES string of the molecule is O=S(=O)([O-])c1ccc(N=Cc2ccccc2)cc1.[Na+]. The van der Waals surface area contributed by atoms with Gasteiger partial charge in [0.05, 0.1) is 10.6 Å². The van der Waals surface area contributed by atoms with Crippen molar-refractivity contribution in [3.05, 3.63) is 60.2 Å². The molecule has 0 radical (unpaired) electrons. The van der Waals surface area contributed by atoms with Gasteiger partial charge < -0.3 is 4.55 Å². The molecule has 0 atom stereocenters. The van der Waals surface area contributed by atoms with Crippen molar-refractivity contribution in [3.8, 4) is 0 Å². The molecule has 0 spiro atoms. The maximum absolute atomic E-state index is 10.7. The van der Waals surface area contributed by atoms with Crippen LogP contribution in [0.2, 0.25) is 0 Å². The van der Waals surface area contributed by atoms with E-state index in [1.807, 2.05) is 30.3 Å². The summed E-state index contributed by atoms with van der Waals surface area (Å²) in [7, 11) is -4.39. The standard InChI is InChI=1S/C13H11NO3S.Na/c15-18(16,17)13-8-6-12(7-9-13)14-10-11-4-2-1-3-5-11;/h1-10H,(H,15,16,17);/q;+1/p-1. The van der Waals surface area contributed by atoms with Crippen molar-refractivity contribution in [3.63, 3.8) is 0 Å². The first-order valence-electron chi connectivity index (χ1n) is 5.21. The molecule has 4 nitrogen and oxygen atoms in total. The first-order valence-corrected chi connectivity index (χ1v) is 6.61. The van der Waals surface area contributed by atoms with E-state index in [0.717, 1.165) is 5.56 Å². The maximum atomic E-state index is 10.7. The van der Waals surface area contributed by atoms with Gasteiger partial charge in [0.15, 0.2) is 0 Å². The Bertz CT molecular complexity index is 652. The minimum absolute atomic E-state index is 0. The zero-order valence-corrected chi connectivity index (χ0v) is 13.2. The van der Waals surface area contributed by atoms with Crippen molar-refractivity contribution < 1.29 is 42.5 Å². The third-order valence-electron chi connectivity index (χ3n) is 2.29. The van der Waals surface area contributed by atoms with Crippen LogP contribution in [0.5, 0.6) is 0 Å². The Morgan fingerprint density at radius 2 is 1.53 bits per heavy atom. The molecule has 0 N–H and O–H groups in total. The number of hydrogen-bond acceptors (Lipinski definition) is 4. The molecule has 0 unspecified atom stereocenters. The van der Waals surface area contributed by atoms with Gasteiger partial charge >= 0.3 is 29.6 Å². The molecule has 2 aromatic rings. The molecular weight excluding hydrogens is 273 g/mol. The van der Waals surface area contributed by atoms with Crippen LogP contribution < -0.4 is 29.6 Å². The zero-order valence-electron chi connectivity index (χ0n) is 10.4. The van der Waals surface area contributed by atoms with E-state index in [4.69, 9.17) is 0 Å². The summed E-state index contributed by atoms with van der Waals surface area (Å²) >= 11 is 0. The predicted molar refractivity (Wildman–Crippen MR) is 68.1 cm³/mol. The average molecular weight is 283 g/mol. The molecule has 0 bridgehead atoms. The molecule has 0 fully saturated rings. The van der Waals surface area contributed by atoms with Gasteiger partial charge in [-0.05, 0) is 29.8 Å². The van der Waals surface area contributed by atoms with E-state index < -0.39 is 10.1 Å². The molecule has 6 heteroatoms. The topological polar surface area (TPSA) is 69.6 Å². The van der Waals surface area contributed by atoms with Crippen LogP contribution in [0, 0.1) is 0 Å². The van der Waals surface area contributed by atoms with Crippen LogP contribution in [0.1, 0.15) is 5.56 Å². The van der Waals surface area contributed by atoms with Crippen molar-refractivity contribution in [2.45, 2.75) is 4.90 Å². The van der Waals surface area contributed by atoms with Crippen LogP contribution in [0.3, 0.4) is 0 Å². The second-order valence-electron chi connectivity index (χ2n) is 3.62. The monoisotopic (exact) mass is 283 g/mol. The van der Waals surface area contributed by atoms with Crippen molar-refractivity contribution >= 4 is 22.0 Å².